The fourth-order valence-corrected chi connectivity index (χ4v) is 1.96. The van der Waals surface area contributed by atoms with Crippen molar-refractivity contribution in [3.05, 3.63) is 12.2 Å². The van der Waals surface area contributed by atoms with Crippen LogP contribution >= 0.6 is 0 Å². The van der Waals surface area contributed by atoms with Gasteiger partial charge < -0.3 is 10.6 Å². The van der Waals surface area contributed by atoms with Crippen LogP contribution in [-0.2, 0) is 4.79 Å². The zero-order valence-electron chi connectivity index (χ0n) is 9.94. The largest absolute Gasteiger partial charge is 0.342 e. The number of carbonyl (C=O) groups excluding carboxylic acids is 1. The number of amides is 1. The molecular formula is C12H22N2O. The summed E-state index contributed by atoms with van der Waals surface area (Å²) < 4.78 is 0. The van der Waals surface area contributed by atoms with Crippen LogP contribution in [0, 0.1) is 11.8 Å². The van der Waals surface area contributed by atoms with E-state index < -0.39 is 0 Å². The molecule has 0 spiro atoms. The summed E-state index contributed by atoms with van der Waals surface area (Å²) in [5, 5.41) is 0. The minimum atomic E-state index is 0.0127. The Morgan fingerprint density at radius 3 is 2.60 bits per heavy atom. The summed E-state index contributed by atoms with van der Waals surface area (Å²) in [6.07, 6.45) is 4.66. The predicted molar refractivity (Wildman–Crippen MR) is 62.3 cm³/mol. The van der Waals surface area contributed by atoms with Gasteiger partial charge in [0.25, 0.3) is 0 Å². The van der Waals surface area contributed by atoms with Crippen LogP contribution in [0.5, 0.6) is 0 Å². The van der Waals surface area contributed by atoms with Crippen LogP contribution < -0.4 is 5.73 Å². The highest BCUT2D eigenvalue weighted by atomic mass is 16.2. The van der Waals surface area contributed by atoms with Gasteiger partial charge in [0.15, 0.2) is 0 Å². The monoisotopic (exact) mass is 210 g/mol. The number of carbonyl (C=O) groups is 1. The molecule has 0 saturated heterocycles. The zero-order valence-corrected chi connectivity index (χ0v) is 9.94. The Balaban J connectivity index is 2.54. The third kappa shape index (κ3) is 3.34. The second-order valence-corrected chi connectivity index (χ2v) is 4.66. The molecular weight excluding hydrogens is 188 g/mol. The lowest BCUT2D eigenvalue weighted by atomic mass is 10.1. The molecule has 2 atom stereocenters. The van der Waals surface area contributed by atoms with Gasteiger partial charge in [-0.1, -0.05) is 26.0 Å². The molecule has 0 saturated carbocycles. The van der Waals surface area contributed by atoms with Crippen molar-refractivity contribution in [2.24, 2.45) is 17.6 Å². The zero-order chi connectivity index (χ0) is 11.4. The molecule has 2 N–H and O–H groups in total. The molecule has 86 valence electrons. The molecule has 3 heteroatoms. The van der Waals surface area contributed by atoms with Crippen molar-refractivity contribution in [2.45, 2.75) is 33.2 Å². The van der Waals surface area contributed by atoms with Crippen LogP contribution in [0.4, 0.5) is 0 Å². The summed E-state index contributed by atoms with van der Waals surface area (Å²) in [7, 11) is 0. The SMILES string of the molecule is CCN(CC(C)C)C(=O)C1C=CC(N)C1. The van der Waals surface area contributed by atoms with E-state index in [-0.39, 0.29) is 17.9 Å². The topological polar surface area (TPSA) is 46.3 Å². The van der Waals surface area contributed by atoms with Crippen molar-refractivity contribution in [3.63, 3.8) is 0 Å². The van der Waals surface area contributed by atoms with E-state index in [0.29, 0.717) is 5.92 Å². The predicted octanol–water partition coefficient (Wildman–Crippen LogP) is 1.39. The molecule has 0 aliphatic heterocycles. The first-order valence-corrected chi connectivity index (χ1v) is 5.77. The van der Waals surface area contributed by atoms with E-state index >= 15 is 0 Å². The first kappa shape index (κ1) is 12.2. The van der Waals surface area contributed by atoms with Gasteiger partial charge in [-0.25, -0.2) is 0 Å². The van der Waals surface area contributed by atoms with E-state index in [1.165, 1.54) is 0 Å². The van der Waals surface area contributed by atoms with Gasteiger partial charge in [0.1, 0.15) is 0 Å². The fourth-order valence-electron chi connectivity index (χ4n) is 1.96. The number of nitrogens with two attached hydrogens (primary N) is 1. The van der Waals surface area contributed by atoms with Crippen LogP contribution in [0.3, 0.4) is 0 Å². The summed E-state index contributed by atoms with van der Waals surface area (Å²) in [5.74, 6) is 0.766. The molecule has 0 aromatic rings. The van der Waals surface area contributed by atoms with E-state index in [1.807, 2.05) is 24.0 Å². The molecule has 0 radical (unpaired) electrons. The highest BCUT2D eigenvalue weighted by Crippen LogP contribution is 2.19. The van der Waals surface area contributed by atoms with Gasteiger partial charge in [-0.05, 0) is 19.3 Å². The van der Waals surface area contributed by atoms with Gasteiger partial charge in [-0.2, -0.15) is 0 Å². The maximum Gasteiger partial charge on any atom is 0.229 e. The standard InChI is InChI=1S/C12H22N2O/c1-4-14(8-9(2)3)12(15)10-5-6-11(13)7-10/h5-6,9-11H,4,7-8,13H2,1-3H3. The van der Waals surface area contributed by atoms with Crippen LogP contribution in [-0.4, -0.2) is 29.9 Å². The quantitative estimate of drug-likeness (QED) is 0.713. The van der Waals surface area contributed by atoms with E-state index in [4.69, 9.17) is 5.73 Å². The number of hydrogen-bond donors (Lipinski definition) is 1. The average Bonchev–Trinajstić information content (AvgIpc) is 2.60. The number of hydrogen-bond acceptors (Lipinski definition) is 2. The second-order valence-electron chi connectivity index (χ2n) is 4.66. The summed E-state index contributed by atoms with van der Waals surface area (Å²) >= 11 is 0. The van der Waals surface area contributed by atoms with Gasteiger partial charge in [-0.15, -0.1) is 0 Å². The van der Waals surface area contributed by atoms with Crippen molar-refractivity contribution >= 4 is 5.91 Å². The second kappa shape index (κ2) is 5.31. The Hall–Kier alpha value is -0.830. The first-order valence-electron chi connectivity index (χ1n) is 5.77. The third-order valence-corrected chi connectivity index (χ3v) is 2.71. The molecule has 1 amide bonds. The Labute approximate surface area is 92.3 Å². The molecule has 0 bridgehead atoms. The van der Waals surface area contributed by atoms with Crippen molar-refractivity contribution in [2.75, 3.05) is 13.1 Å². The molecule has 0 aromatic heterocycles. The van der Waals surface area contributed by atoms with Crippen LogP contribution in [0.1, 0.15) is 27.2 Å². The molecule has 0 aromatic carbocycles. The van der Waals surface area contributed by atoms with Gasteiger partial charge >= 0.3 is 0 Å². The third-order valence-electron chi connectivity index (χ3n) is 2.71. The fraction of sp³-hybridized carbons (Fsp3) is 0.750. The van der Waals surface area contributed by atoms with Crippen LogP contribution in [0.25, 0.3) is 0 Å². The number of rotatable bonds is 4. The van der Waals surface area contributed by atoms with Gasteiger partial charge in [-0.3, -0.25) is 4.79 Å². The average molecular weight is 210 g/mol. The number of nitrogens with zero attached hydrogens (tertiary/aromatic N) is 1. The van der Waals surface area contributed by atoms with Gasteiger partial charge in [0.2, 0.25) is 5.91 Å². The minimum Gasteiger partial charge on any atom is -0.342 e. The summed E-state index contributed by atoms with van der Waals surface area (Å²) in [4.78, 5) is 14.0. The lowest BCUT2D eigenvalue weighted by Gasteiger charge is -2.25. The molecule has 2 unspecified atom stereocenters. The van der Waals surface area contributed by atoms with E-state index in [2.05, 4.69) is 13.8 Å². The summed E-state index contributed by atoms with van der Waals surface area (Å²) in [6, 6.07) is 0.0664. The van der Waals surface area contributed by atoms with Crippen molar-refractivity contribution in [1.82, 2.24) is 4.90 Å². The van der Waals surface area contributed by atoms with Gasteiger partial charge in [0, 0.05) is 19.1 Å². The highest BCUT2D eigenvalue weighted by Gasteiger charge is 2.26. The lowest BCUT2D eigenvalue weighted by molar-refractivity contribution is -0.134. The summed E-state index contributed by atoms with van der Waals surface area (Å²) in [5.41, 5.74) is 5.75. The molecule has 1 aliphatic rings. The van der Waals surface area contributed by atoms with E-state index in [1.54, 1.807) is 0 Å². The molecule has 15 heavy (non-hydrogen) atoms. The maximum atomic E-state index is 12.1. The lowest BCUT2D eigenvalue weighted by Crippen LogP contribution is -2.38. The van der Waals surface area contributed by atoms with Crippen LogP contribution in [0.15, 0.2) is 12.2 Å². The minimum absolute atomic E-state index is 0.0127. The smallest absolute Gasteiger partial charge is 0.229 e. The Morgan fingerprint density at radius 1 is 1.53 bits per heavy atom. The van der Waals surface area contributed by atoms with Crippen LogP contribution in [0.2, 0.25) is 0 Å². The summed E-state index contributed by atoms with van der Waals surface area (Å²) in [6.45, 7) is 7.92. The highest BCUT2D eigenvalue weighted by molar-refractivity contribution is 5.81. The van der Waals surface area contributed by atoms with Crippen molar-refractivity contribution in [3.8, 4) is 0 Å². The Kier molecular flexibility index (Phi) is 4.33. The van der Waals surface area contributed by atoms with Gasteiger partial charge in [0.05, 0.1) is 5.92 Å². The maximum absolute atomic E-state index is 12.1. The Morgan fingerprint density at radius 2 is 2.20 bits per heavy atom. The normalized spacial score (nSPS) is 24.9. The molecule has 3 nitrogen and oxygen atoms in total. The molecule has 1 aliphatic carbocycles. The molecule has 0 heterocycles. The molecule has 1 rings (SSSR count). The van der Waals surface area contributed by atoms with Crippen molar-refractivity contribution in [1.29, 1.82) is 0 Å². The molecule has 0 fully saturated rings. The van der Waals surface area contributed by atoms with Crippen molar-refractivity contribution < 1.29 is 4.79 Å². The Bertz CT molecular complexity index is 248. The van der Waals surface area contributed by atoms with E-state index in [0.717, 1.165) is 19.5 Å². The first-order chi connectivity index (χ1) is 7.04. The van der Waals surface area contributed by atoms with E-state index in [9.17, 15) is 4.79 Å².